The minimum absolute atomic E-state index is 0.707. The van der Waals surface area contributed by atoms with Gasteiger partial charge in [0.05, 0.1) is 11.4 Å². The lowest BCUT2D eigenvalue weighted by atomic mass is 10.1. The lowest BCUT2D eigenvalue weighted by Crippen LogP contribution is -2.02. The molecule has 0 saturated heterocycles. The van der Waals surface area contributed by atoms with Crippen LogP contribution in [0.3, 0.4) is 0 Å². The van der Waals surface area contributed by atoms with Gasteiger partial charge in [-0.05, 0) is 18.2 Å². The summed E-state index contributed by atoms with van der Waals surface area (Å²) in [4.78, 5) is 12.7. The Morgan fingerprint density at radius 1 is 0.486 bits per heavy atom. The number of hydrogen-bond donors (Lipinski definition) is 0. The monoisotopic (exact) mass is 509 g/mol. The van der Waals surface area contributed by atoms with E-state index in [-0.39, 0.29) is 0 Å². The fraction of sp³-hybridized carbons (Fsp3) is 0. The molecule has 0 fully saturated rings. The Bertz CT molecular complexity index is 1940. The van der Waals surface area contributed by atoms with Gasteiger partial charge in [0, 0.05) is 42.1 Å². The van der Waals surface area contributed by atoms with E-state index < -0.39 is 0 Å². The molecule has 4 aromatic carbocycles. The zero-order valence-electron chi connectivity index (χ0n) is 19.6. The van der Waals surface area contributed by atoms with Crippen molar-refractivity contribution in [3.05, 3.63) is 115 Å². The van der Waals surface area contributed by atoms with Crippen molar-refractivity contribution in [3.8, 4) is 28.5 Å². The van der Waals surface area contributed by atoms with Gasteiger partial charge in [0.1, 0.15) is 9.66 Å². The van der Waals surface area contributed by atoms with Crippen molar-refractivity contribution in [1.29, 1.82) is 0 Å². The second-order valence-electron chi connectivity index (χ2n) is 9.06. The molecule has 3 nitrogen and oxygen atoms in total. The fourth-order valence-corrected chi connectivity index (χ4v) is 7.67. The van der Waals surface area contributed by atoms with Crippen LogP contribution < -0.4 is 0 Å². The molecule has 37 heavy (non-hydrogen) atoms. The summed E-state index contributed by atoms with van der Waals surface area (Å²) >= 11 is 3.63. The van der Waals surface area contributed by atoms with Gasteiger partial charge in [-0.15, -0.1) is 22.7 Å². The molecule has 0 saturated carbocycles. The Kier molecular flexibility index (Phi) is 4.56. The zero-order valence-corrected chi connectivity index (χ0v) is 21.3. The Balaban J connectivity index is 1.52. The van der Waals surface area contributed by atoms with Crippen molar-refractivity contribution in [1.82, 2.24) is 14.5 Å². The standard InChI is InChI=1S/C32H19N3S2/c1-3-11-20(12-4-1)24-19-25(21-13-5-2-6-14-21)34-32(33-24)35-30-28(22-15-7-9-17-26(22)36-30)29-23-16-8-10-18-27(23)37-31(29)35/h1-19H. The Labute approximate surface area is 220 Å². The number of benzene rings is 4. The summed E-state index contributed by atoms with van der Waals surface area (Å²) in [6.45, 7) is 0. The van der Waals surface area contributed by atoms with Crippen LogP contribution in [0.2, 0.25) is 0 Å². The van der Waals surface area contributed by atoms with Gasteiger partial charge in [-0.1, -0.05) is 97.1 Å². The lowest BCUT2D eigenvalue weighted by Gasteiger charge is -2.10. The Morgan fingerprint density at radius 3 is 1.41 bits per heavy atom. The Hall–Kier alpha value is -4.32. The maximum Gasteiger partial charge on any atom is 0.237 e. The van der Waals surface area contributed by atoms with E-state index in [4.69, 9.17) is 9.97 Å². The zero-order chi connectivity index (χ0) is 24.3. The summed E-state index contributed by atoms with van der Waals surface area (Å²) in [5.41, 5.74) is 4.00. The highest BCUT2D eigenvalue weighted by atomic mass is 32.1. The predicted octanol–water partition coefficient (Wildman–Crippen LogP) is 9.34. The fourth-order valence-electron chi connectivity index (χ4n) is 5.19. The average Bonchev–Trinajstić information content (AvgIpc) is 3.61. The van der Waals surface area contributed by atoms with Crippen molar-refractivity contribution in [2.45, 2.75) is 0 Å². The Morgan fingerprint density at radius 2 is 0.919 bits per heavy atom. The van der Waals surface area contributed by atoms with Gasteiger partial charge in [0.25, 0.3) is 0 Å². The van der Waals surface area contributed by atoms with Crippen molar-refractivity contribution < 1.29 is 0 Å². The van der Waals surface area contributed by atoms with Gasteiger partial charge in [-0.25, -0.2) is 9.97 Å². The summed E-state index contributed by atoms with van der Waals surface area (Å²) < 4.78 is 4.85. The van der Waals surface area contributed by atoms with Gasteiger partial charge in [-0.3, -0.25) is 4.57 Å². The third kappa shape index (κ3) is 3.18. The third-order valence-electron chi connectivity index (χ3n) is 6.86. The van der Waals surface area contributed by atoms with Gasteiger partial charge in [0.15, 0.2) is 0 Å². The largest absolute Gasteiger partial charge is 0.259 e. The maximum atomic E-state index is 5.18. The molecule has 0 spiro atoms. The predicted molar refractivity (Wildman–Crippen MR) is 158 cm³/mol. The van der Waals surface area contributed by atoms with Crippen LogP contribution in [-0.4, -0.2) is 14.5 Å². The SMILES string of the molecule is c1ccc(-c2cc(-c3ccccc3)nc(-n3c4sc5ccccc5c4c4c5ccccc5sc43)n2)cc1. The van der Waals surface area contributed by atoms with Crippen molar-refractivity contribution >= 4 is 63.3 Å². The van der Waals surface area contributed by atoms with Crippen LogP contribution in [0.5, 0.6) is 0 Å². The highest BCUT2D eigenvalue weighted by Gasteiger charge is 2.23. The molecule has 0 aliphatic carbocycles. The average molecular weight is 510 g/mol. The summed E-state index contributed by atoms with van der Waals surface area (Å²) in [7, 11) is 0. The van der Waals surface area contributed by atoms with E-state index in [1.54, 1.807) is 0 Å². The second-order valence-corrected chi connectivity index (χ2v) is 11.1. The number of rotatable bonds is 3. The molecule has 0 amide bonds. The van der Waals surface area contributed by atoms with E-state index in [2.05, 4.69) is 108 Å². The summed E-state index contributed by atoms with van der Waals surface area (Å²) in [5.74, 6) is 0.707. The highest BCUT2D eigenvalue weighted by molar-refractivity contribution is 7.28. The van der Waals surface area contributed by atoms with Crippen LogP contribution in [0.4, 0.5) is 0 Å². The molecule has 174 valence electrons. The first-order chi connectivity index (χ1) is 18.3. The van der Waals surface area contributed by atoms with Crippen LogP contribution in [0.25, 0.3) is 69.1 Å². The molecule has 0 bridgehead atoms. The molecular formula is C32H19N3S2. The molecule has 0 atom stereocenters. The molecular weight excluding hydrogens is 491 g/mol. The molecule has 0 aliphatic heterocycles. The normalized spacial score (nSPS) is 11.8. The van der Waals surface area contributed by atoms with Gasteiger partial charge in [-0.2, -0.15) is 0 Å². The molecule has 0 radical (unpaired) electrons. The number of fused-ring (bicyclic) bond motifs is 7. The minimum atomic E-state index is 0.707. The smallest absolute Gasteiger partial charge is 0.237 e. The van der Waals surface area contributed by atoms with Crippen LogP contribution in [0.1, 0.15) is 0 Å². The summed E-state index contributed by atoms with van der Waals surface area (Å²) in [5, 5.41) is 5.17. The minimum Gasteiger partial charge on any atom is -0.259 e. The first kappa shape index (κ1) is 20.8. The first-order valence-electron chi connectivity index (χ1n) is 12.2. The summed E-state index contributed by atoms with van der Waals surface area (Å²) in [6.07, 6.45) is 0. The molecule has 0 N–H and O–H groups in total. The number of nitrogens with zero attached hydrogens (tertiary/aromatic N) is 3. The molecule has 0 unspecified atom stereocenters. The first-order valence-corrected chi connectivity index (χ1v) is 13.8. The van der Waals surface area contributed by atoms with E-state index in [0.29, 0.717) is 5.95 Å². The van der Waals surface area contributed by atoms with E-state index >= 15 is 0 Å². The van der Waals surface area contributed by atoms with Crippen LogP contribution in [-0.2, 0) is 0 Å². The quantitative estimate of drug-likeness (QED) is 0.237. The second kappa shape index (κ2) is 8.10. The van der Waals surface area contributed by atoms with E-state index in [9.17, 15) is 0 Å². The van der Waals surface area contributed by atoms with Crippen LogP contribution in [0, 0.1) is 0 Å². The molecule has 5 heteroatoms. The number of hydrogen-bond acceptors (Lipinski definition) is 4. The van der Waals surface area contributed by atoms with Crippen LogP contribution >= 0.6 is 22.7 Å². The van der Waals surface area contributed by atoms with Gasteiger partial charge in [0.2, 0.25) is 5.95 Å². The van der Waals surface area contributed by atoms with Crippen molar-refractivity contribution in [2.75, 3.05) is 0 Å². The van der Waals surface area contributed by atoms with Gasteiger partial charge < -0.3 is 0 Å². The molecule has 8 rings (SSSR count). The van der Waals surface area contributed by atoms with Crippen molar-refractivity contribution in [3.63, 3.8) is 0 Å². The van der Waals surface area contributed by atoms with Gasteiger partial charge >= 0.3 is 0 Å². The summed E-state index contributed by atoms with van der Waals surface area (Å²) in [6, 6.07) is 40.2. The van der Waals surface area contributed by atoms with E-state index in [0.717, 1.165) is 22.5 Å². The maximum absolute atomic E-state index is 5.18. The highest BCUT2D eigenvalue weighted by Crippen LogP contribution is 2.47. The molecule has 0 aliphatic rings. The molecule has 4 heterocycles. The molecule has 8 aromatic rings. The van der Waals surface area contributed by atoms with E-state index in [1.165, 1.54) is 40.6 Å². The topological polar surface area (TPSA) is 30.7 Å². The third-order valence-corrected chi connectivity index (χ3v) is 9.18. The number of thiophene rings is 2. The molecule has 4 aromatic heterocycles. The number of aromatic nitrogens is 3. The lowest BCUT2D eigenvalue weighted by molar-refractivity contribution is 1.01. The van der Waals surface area contributed by atoms with E-state index in [1.807, 2.05) is 34.8 Å². The van der Waals surface area contributed by atoms with Crippen molar-refractivity contribution in [2.24, 2.45) is 0 Å². The van der Waals surface area contributed by atoms with Crippen LogP contribution in [0.15, 0.2) is 115 Å².